The number of hydrogen-bond donors (Lipinski definition) is 4. The second-order valence-electron chi connectivity index (χ2n) is 4.01. The highest BCUT2D eigenvalue weighted by atomic mass is 32.1. The van der Waals surface area contributed by atoms with Crippen molar-refractivity contribution >= 4 is 44.8 Å². The number of H-pyrrole nitrogens is 1. The second kappa shape index (κ2) is 4.75. The number of benzene rings is 1. The third-order valence-electron chi connectivity index (χ3n) is 2.86. The van der Waals surface area contributed by atoms with Crippen LogP contribution in [0.5, 0.6) is 0 Å². The average molecular weight is 271 g/mol. The zero-order chi connectivity index (χ0) is 13.2. The van der Waals surface area contributed by atoms with Crippen LogP contribution in [-0.4, -0.2) is 10.2 Å². The summed E-state index contributed by atoms with van der Waals surface area (Å²) >= 11 is 1.65. The number of nitrogens with one attached hydrogen (secondary N) is 3. The third-order valence-corrected chi connectivity index (χ3v) is 3.78. The number of anilines is 3. The monoisotopic (exact) mass is 271 g/mol. The molecule has 0 radical (unpaired) electrons. The second-order valence-corrected chi connectivity index (χ2v) is 4.93. The lowest BCUT2D eigenvalue weighted by Gasteiger charge is -2.08. The molecule has 0 amide bonds. The van der Waals surface area contributed by atoms with E-state index in [2.05, 4.69) is 27.5 Å². The van der Waals surface area contributed by atoms with Gasteiger partial charge in [-0.05, 0) is 29.6 Å². The summed E-state index contributed by atoms with van der Waals surface area (Å²) < 4.78 is 1.11. The van der Waals surface area contributed by atoms with Gasteiger partial charge in [-0.25, -0.2) is 0 Å². The lowest BCUT2D eigenvalue weighted by atomic mass is 10.1. The maximum atomic E-state index is 5.44. The van der Waals surface area contributed by atoms with Crippen molar-refractivity contribution in [3.05, 3.63) is 41.8 Å². The lowest BCUT2D eigenvalue weighted by Crippen LogP contribution is -2.08. The molecule has 0 unspecified atom stereocenters. The van der Waals surface area contributed by atoms with Crippen molar-refractivity contribution in [3.63, 3.8) is 0 Å². The molecule has 0 aliphatic heterocycles. The van der Waals surface area contributed by atoms with Crippen LogP contribution in [0.4, 0.5) is 17.2 Å². The molecule has 0 aliphatic carbocycles. The van der Waals surface area contributed by atoms with Crippen LogP contribution in [0.15, 0.2) is 36.2 Å². The summed E-state index contributed by atoms with van der Waals surface area (Å²) in [5, 5.41) is 12.6. The number of rotatable bonds is 4. The van der Waals surface area contributed by atoms with Crippen molar-refractivity contribution in [1.82, 2.24) is 10.2 Å². The first-order valence-corrected chi connectivity index (χ1v) is 6.61. The van der Waals surface area contributed by atoms with Crippen molar-refractivity contribution < 1.29 is 0 Å². The van der Waals surface area contributed by atoms with E-state index in [9.17, 15) is 0 Å². The molecule has 3 rings (SSSR count). The summed E-state index contributed by atoms with van der Waals surface area (Å²) in [6.07, 6.45) is 1.76. The summed E-state index contributed by atoms with van der Waals surface area (Å²) in [5.41, 5.74) is 6.39. The van der Waals surface area contributed by atoms with Gasteiger partial charge in [0.25, 0.3) is 0 Å². The Hall–Kier alpha value is -2.31. The van der Waals surface area contributed by atoms with Gasteiger partial charge in [0.2, 0.25) is 0 Å². The van der Waals surface area contributed by atoms with Crippen molar-refractivity contribution in [2.75, 3.05) is 10.7 Å². The molecular formula is C13H13N5S. The number of nitrogen functional groups attached to an aromatic ring is 1. The highest BCUT2D eigenvalue weighted by Gasteiger charge is 2.07. The van der Waals surface area contributed by atoms with Gasteiger partial charge in [0.15, 0.2) is 5.82 Å². The molecule has 0 spiro atoms. The minimum Gasteiger partial charge on any atom is -0.338 e. The minimum atomic E-state index is 0.827. The van der Waals surface area contributed by atoms with E-state index in [1.165, 1.54) is 0 Å². The Kier molecular flexibility index (Phi) is 2.94. The fourth-order valence-electron chi connectivity index (χ4n) is 1.91. The van der Waals surface area contributed by atoms with Crippen LogP contribution >= 0.6 is 11.3 Å². The highest BCUT2D eigenvalue weighted by Crippen LogP contribution is 2.29. The van der Waals surface area contributed by atoms with Crippen LogP contribution in [0, 0.1) is 0 Å². The molecule has 19 heavy (non-hydrogen) atoms. The van der Waals surface area contributed by atoms with E-state index in [0.717, 1.165) is 33.0 Å². The summed E-state index contributed by atoms with van der Waals surface area (Å²) in [6, 6.07) is 7.82. The van der Waals surface area contributed by atoms with E-state index < -0.39 is 0 Å². The van der Waals surface area contributed by atoms with Gasteiger partial charge < -0.3 is 10.7 Å². The third kappa shape index (κ3) is 2.07. The van der Waals surface area contributed by atoms with Gasteiger partial charge in [-0.3, -0.25) is 10.9 Å². The minimum absolute atomic E-state index is 0.827. The smallest absolute Gasteiger partial charge is 0.170 e. The van der Waals surface area contributed by atoms with Crippen molar-refractivity contribution in [3.8, 4) is 0 Å². The van der Waals surface area contributed by atoms with E-state index in [-0.39, 0.29) is 0 Å². The maximum absolute atomic E-state index is 5.44. The van der Waals surface area contributed by atoms with Crippen LogP contribution in [0.1, 0.15) is 5.56 Å². The lowest BCUT2D eigenvalue weighted by molar-refractivity contribution is 1.12. The molecular weight excluding hydrogens is 258 g/mol. The van der Waals surface area contributed by atoms with E-state index in [1.807, 2.05) is 29.6 Å². The van der Waals surface area contributed by atoms with Gasteiger partial charge in [0.05, 0.1) is 15.9 Å². The summed E-state index contributed by atoms with van der Waals surface area (Å²) in [4.78, 5) is 0. The first-order chi connectivity index (χ1) is 9.31. The molecule has 0 bridgehead atoms. The first-order valence-electron chi connectivity index (χ1n) is 5.73. The molecule has 1 aromatic carbocycles. The SMILES string of the molecule is C=Cc1cc(Nc2n[nH]c3ccsc23)ccc1NN. The van der Waals surface area contributed by atoms with E-state index in [1.54, 1.807) is 17.4 Å². The number of aromatic nitrogens is 2. The molecule has 2 aromatic heterocycles. The van der Waals surface area contributed by atoms with E-state index >= 15 is 0 Å². The molecule has 5 nitrogen and oxygen atoms in total. The topological polar surface area (TPSA) is 78.8 Å². The number of nitrogens with two attached hydrogens (primary N) is 1. The quantitative estimate of drug-likeness (QED) is 0.433. The molecule has 0 saturated carbocycles. The Labute approximate surface area is 114 Å². The summed E-state index contributed by atoms with van der Waals surface area (Å²) in [5.74, 6) is 6.27. The predicted octanol–water partition coefficient (Wildman–Crippen LogP) is 3.30. The normalized spacial score (nSPS) is 10.6. The number of hydrazine groups is 1. The molecule has 2 heterocycles. The van der Waals surface area contributed by atoms with Crippen LogP contribution in [0.3, 0.4) is 0 Å². The van der Waals surface area contributed by atoms with Gasteiger partial charge >= 0.3 is 0 Å². The van der Waals surface area contributed by atoms with E-state index in [0.29, 0.717) is 0 Å². The fraction of sp³-hybridized carbons (Fsp3) is 0. The maximum Gasteiger partial charge on any atom is 0.170 e. The number of hydrogen-bond acceptors (Lipinski definition) is 5. The summed E-state index contributed by atoms with van der Waals surface area (Å²) in [6.45, 7) is 3.78. The Balaban J connectivity index is 1.95. The van der Waals surface area contributed by atoms with Crippen LogP contribution in [-0.2, 0) is 0 Å². The number of thiophene rings is 1. The van der Waals surface area contributed by atoms with Gasteiger partial charge in [0, 0.05) is 11.3 Å². The molecule has 0 saturated heterocycles. The Bertz CT molecular complexity index is 728. The molecule has 6 heteroatoms. The van der Waals surface area contributed by atoms with Gasteiger partial charge in [-0.15, -0.1) is 11.3 Å². The fourth-order valence-corrected chi connectivity index (χ4v) is 2.70. The zero-order valence-corrected chi connectivity index (χ0v) is 10.9. The van der Waals surface area contributed by atoms with Crippen LogP contribution < -0.4 is 16.6 Å². The molecule has 3 aromatic rings. The highest BCUT2D eigenvalue weighted by molar-refractivity contribution is 7.17. The Morgan fingerprint density at radius 1 is 1.37 bits per heavy atom. The predicted molar refractivity (Wildman–Crippen MR) is 81.6 cm³/mol. The van der Waals surface area contributed by atoms with Crippen LogP contribution in [0.2, 0.25) is 0 Å². The summed E-state index contributed by atoms with van der Waals surface area (Å²) in [7, 11) is 0. The number of fused-ring (bicyclic) bond motifs is 1. The Morgan fingerprint density at radius 2 is 2.26 bits per heavy atom. The molecule has 0 aliphatic rings. The van der Waals surface area contributed by atoms with E-state index in [4.69, 9.17) is 5.84 Å². The molecule has 0 atom stereocenters. The largest absolute Gasteiger partial charge is 0.338 e. The van der Waals surface area contributed by atoms with Crippen molar-refractivity contribution in [2.24, 2.45) is 5.84 Å². The van der Waals surface area contributed by atoms with Crippen molar-refractivity contribution in [2.45, 2.75) is 0 Å². The molecule has 96 valence electrons. The van der Waals surface area contributed by atoms with Crippen molar-refractivity contribution in [1.29, 1.82) is 0 Å². The average Bonchev–Trinajstić information content (AvgIpc) is 3.03. The number of nitrogens with zero attached hydrogens (tertiary/aromatic N) is 1. The van der Waals surface area contributed by atoms with Crippen LogP contribution in [0.25, 0.3) is 16.3 Å². The molecule has 5 N–H and O–H groups in total. The van der Waals surface area contributed by atoms with Gasteiger partial charge in [-0.2, -0.15) is 5.10 Å². The van der Waals surface area contributed by atoms with Gasteiger partial charge in [-0.1, -0.05) is 12.7 Å². The van der Waals surface area contributed by atoms with Gasteiger partial charge in [0.1, 0.15) is 0 Å². The zero-order valence-electron chi connectivity index (χ0n) is 10.1. The Morgan fingerprint density at radius 3 is 3.05 bits per heavy atom. The molecule has 0 fully saturated rings. The standard InChI is InChI=1S/C13H13N5S/c1-2-8-7-9(3-4-10(8)16-14)15-13-12-11(17-18-13)5-6-19-12/h2-7,16H,1,14H2,(H2,15,17,18). The number of aromatic amines is 1. The first kappa shape index (κ1) is 11.8.